The van der Waals surface area contributed by atoms with Crippen LogP contribution in [0.4, 0.5) is 5.69 Å². The van der Waals surface area contributed by atoms with Crippen LogP contribution in [0.2, 0.25) is 0 Å². The molecule has 0 saturated heterocycles. The van der Waals surface area contributed by atoms with Gasteiger partial charge in [0.1, 0.15) is 0 Å². The molecule has 0 aromatic heterocycles. The Labute approximate surface area is 115 Å². The molecule has 19 heavy (non-hydrogen) atoms. The van der Waals surface area contributed by atoms with Gasteiger partial charge in [-0.2, -0.15) is 0 Å². The summed E-state index contributed by atoms with van der Waals surface area (Å²) in [5.74, 6) is 0.117. The molecule has 0 spiro atoms. The molecule has 0 fully saturated rings. The third-order valence-corrected chi connectivity index (χ3v) is 3.31. The second-order valence-electron chi connectivity index (χ2n) is 4.87. The first-order valence-corrected chi connectivity index (χ1v) is 7.00. The fraction of sp³-hybridized carbons (Fsp3) is 0.500. The second kappa shape index (κ2) is 7.72. The van der Waals surface area contributed by atoms with Crippen molar-refractivity contribution in [2.24, 2.45) is 5.92 Å². The molecular formula is C16H23NO2. The number of unbranched alkanes of at least 4 members (excludes halogenated alkanes) is 1. The lowest BCUT2D eigenvalue weighted by Gasteiger charge is -2.14. The van der Waals surface area contributed by atoms with E-state index in [-0.39, 0.29) is 17.6 Å². The first-order chi connectivity index (χ1) is 9.08. The van der Waals surface area contributed by atoms with Crippen molar-refractivity contribution in [1.82, 2.24) is 0 Å². The maximum Gasteiger partial charge on any atom is 0.227 e. The number of carbonyl (C=O) groups is 2. The Morgan fingerprint density at radius 2 is 2.00 bits per heavy atom. The summed E-state index contributed by atoms with van der Waals surface area (Å²) in [5, 5.41) is 2.91. The third kappa shape index (κ3) is 4.86. The quantitative estimate of drug-likeness (QED) is 0.753. The highest BCUT2D eigenvalue weighted by Gasteiger charge is 2.16. The number of hydrogen-bond acceptors (Lipinski definition) is 2. The topological polar surface area (TPSA) is 46.2 Å². The standard InChI is InChI=1S/C16H23NO2/c1-4-6-8-13(5-2)16(19)17-15-10-7-9-14(11-15)12(3)18/h7,9-11,13H,4-6,8H2,1-3H3,(H,17,19)/t13-/m0/s1. The first kappa shape index (κ1) is 15.4. The van der Waals surface area contributed by atoms with Gasteiger partial charge in [-0.3, -0.25) is 9.59 Å². The maximum absolute atomic E-state index is 12.1. The van der Waals surface area contributed by atoms with Crippen LogP contribution in [0.15, 0.2) is 24.3 Å². The minimum atomic E-state index is 0.00845. The van der Waals surface area contributed by atoms with Gasteiger partial charge in [-0.1, -0.05) is 38.8 Å². The maximum atomic E-state index is 12.1. The zero-order chi connectivity index (χ0) is 14.3. The molecule has 0 aliphatic heterocycles. The van der Waals surface area contributed by atoms with E-state index in [1.165, 1.54) is 6.92 Å². The Hall–Kier alpha value is -1.64. The van der Waals surface area contributed by atoms with Crippen LogP contribution < -0.4 is 5.32 Å². The van der Waals surface area contributed by atoms with Crippen LogP contribution in [0.1, 0.15) is 56.8 Å². The molecule has 0 bridgehead atoms. The van der Waals surface area contributed by atoms with Crippen LogP contribution in [0, 0.1) is 5.92 Å². The van der Waals surface area contributed by atoms with E-state index in [2.05, 4.69) is 12.2 Å². The first-order valence-electron chi connectivity index (χ1n) is 7.00. The Kier molecular flexibility index (Phi) is 6.26. The molecule has 1 N–H and O–H groups in total. The second-order valence-corrected chi connectivity index (χ2v) is 4.87. The van der Waals surface area contributed by atoms with Crippen molar-refractivity contribution in [2.45, 2.75) is 46.5 Å². The number of Topliss-reactive ketones (excluding diaryl/α,β-unsaturated/α-hetero) is 1. The molecule has 1 atom stereocenters. The van der Waals surface area contributed by atoms with Crippen molar-refractivity contribution in [3.63, 3.8) is 0 Å². The van der Waals surface area contributed by atoms with Crippen LogP contribution >= 0.6 is 0 Å². The van der Waals surface area contributed by atoms with Gasteiger partial charge < -0.3 is 5.32 Å². The third-order valence-electron chi connectivity index (χ3n) is 3.31. The molecule has 0 saturated carbocycles. The Bertz CT molecular complexity index is 440. The van der Waals surface area contributed by atoms with Crippen LogP contribution in [-0.2, 0) is 4.79 Å². The van der Waals surface area contributed by atoms with Crippen molar-refractivity contribution < 1.29 is 9.59 Å². The molecule has 0 heterocycles. The van der Waals surface area contributed by atoms with Gasteiger partial charge in [0, 0.05) is 17.2 Å². The molecule has 1 rings (SSSR count). The summed E-state index contributed by atoms with van der Waals surface area (Å²) < 4.78 is 0. The van der Waals surface area contributed by atoms with Crippen molar-refractivity contribution in [2.75, 3.05) is 5.32 Å². The van der Waals surface area contributed by atoms with E-state index >= 15 is 0 Å². The van der Waals surface area contributed by atoms with Crippen LogP contribution in [0.5, 0.6) is 0 Å². The molecule has 3 heteroatoms. The van der Waals surface area contributed by atoms with Gasteiger partial charge in [0.15, 0.2) is 5.78 Å². The highest BCUT2D eigenvalue weighted by molar-refractivity contribution is 5.97. The van der Waals surface area contributed by atoms with Crippen molar-refractivity contribution in [3.8, 4) is 0 Å². The van der Waals surface area contributed by atoms with E-state index in [0.29, 0.717) is 11.3 Å². The summed E-state index contributed by atoms with van der Waals surface area (Å²) in [6.07, 6.45) is 3.94. The number of carbonyl (C=O) groups excluding carboxylic acids is 2. The van der Waals surface area contributed by atoms with E-state index in [0.717, 1.165) is 25.7 Å². The molecule has 1 aromatic carbocycles. The molecule has 104 valence electrons. The molecule has 3 nitrogen and oxygen atoms in total. The summed E-state index contributed by atoms with van der Waals surface area (Å²) in [6, 6.07) is 7.09. The molecule has 0 aliphatic carbocycles. The average Bonchev–Trinajstić information content (AvgIpc) is 2.40. The fourth-order valence-electron chi connectivity index (χ4n) is 2.03. The van der Waals surface area contributed by atoms with Crippen molar-refractivity contribution in [1.29, 1.82) is 0 Å². The van der Waals surface area contributed by atoms with Crippen LogP contribution in [0.25, 0.3) is 0 Å². The minimum Gasteiger partial charge on any atom is -0.326 e. The van der Waals surface area contributed by atoms with Crippen molar-refractivity contribution >= 4 is 17.4 Å². The lowest BCUT2D eigenvalue weighted by Crippen LogP contribution is -2.22. The minimum absolute atomic E-state index is 0.00845. The van der Waals surface area contributed by atoms with E-state index in [1.54, 1.807) is 18.2 Å². The Morgan fingerprint density at radius 3 is 2.58 bits per heavy atom. The van der Waals surface area contributed by atoms with E-state index in [9.17, 15) is 9.59 Å². The largest absolute Gasteiger partial charge is 0.326 e. The number of anilines is 1. The summed E-state index contributed by atoms with van der Waals surface area (Å²) >= 11 is 0. The van der Waals surface area contributed by atoms with Gasteiger partial charge in [0.25, 0.3) is 0 Å². The Balaban J connectivity index is 2.69. The van der Waals surface area contributed by atoms with Crippen LogP contribution in [-0.4, -0.2) is 11.7 Å². The predicted molar refractivity (Wildman–Crippen MR) is 78.4 cm³/mol. The van der Waals surface area contributed by atoms with Gasteiger partial charge >= 0.3 is 0 Å². The summed E-state index contributed by atoms with van der Waals surface area (Å²) in [6.45, 7) is 5.68. The SMILES string of the molecule is CCCC[C@H](CC)C(=O)Nc1cccc(C(C)=O)c1. The monoisotopic (exact) mass is 261 g/mol. The zero-order valence-electron chi connectivity index (χ0n) is 12.0. The highest BCUT2D eigenvalue weighted by Crippen LogP contribution is 2.17. The number of hydrogen-bond donors (Lipinski definition) is 1. The number of ketones is 1. The number of benzene rings is 1. The molecule has 0 unspecified atom stereocenters. The van der Waals surface area contributed by atoms with Gasteiger partial charge in [0.05, 0.1) is 0 Å². The highest BCUT2D eigenvalue weighted by atomic mass is 16.2. The van der Waals surface area contributed by atoms with E-state index < -0.39 is 0 Å². The lowest BCUT2D eigenvalue weighted by atomic mass is 9.98. The molecule has 0 radical (unpaired) electrons. The summed E-state index contributed by atoms with van der Waals surface area (Å²) in [4.78, 5) is 23.4. The number of amides is 1. The summed E-state index contributed by atoms with van der Waals surface area (Å²) in [7, 11) is 0. The number of nitrogens with one attached hydrogen (secondary N) is 1. The molecule has 1 amide bonds. The predicted octanol–water partition coefficient (Wildman–Crippen LogP) is 4.04. The molecule has 1 aromatic rings. The zero-order valence-corrected chi connectivity index (χ0v) is 12.0. The van der Waals surface area contributed by atoms with E-state index in [1.807, 2.05) is 13.0 Å². The smallest absolute Gasteiger partial charge is 0.227 e. The van der Waals surface area contributed by atoms with Gasteiger partial charge in [-0.05, 0) is 31.9 Å². The molecular weight excluding hydrogens is 238 g/mol. The molecule has 0 aliphatic rings. The fourth-order valence-corrected chi connectivity index (χ4v) is 2.03. The van der Waals surface area contributed by atoms with E-state index in [4.69, 9.17) is 0 Å². The van der Waals surface area contributed by atoms with Crippen molar-refractivity contribution in [3.05, 3.63) is 29.8 Å². The number of rotatable bonds is 7. The van der Waals surface area contributed by atoms with Gasteiger partial charge in [-0.15, -0.1) is 0 Å². The Morgan fingerprint density at radius 1 is 1.26 bits per heavy atom. The van der Waals surface area contributed by atoms with Crippen LogP contribution in [0.3, 0.4) is 0 Å². The summed E-state index contributed by atoms with van der Waals surface area (Å²) in [5.41, 5.74) is 1.33. The lowest BCUT2D eigenvalue weighted by molar-refractivity contribution is -0.120. The van der Waals surface area contributed by atoms with Gasteiger partial charge in [0.2, 0.25) is 5.91 Å². The normalized spacial score (nSPS) is 11.9. The van der Waals surface area contributed by atoms with Gasteiger partial charge in [-0.25, -0.2) is 0 Å². The average molecular weight is 261 g/mol.